The Bertz CT molecular complexity index is 780. The summed E-state index contributed by atoms with van der Waals surface area (Å²) in [5, 5.41) is 5.39. The first-order chi connectivity index (χ1) is 10.8. The van der Waals surface area contributed by atoms with Gasteiger partial charge in [-0.15, -0.1) is 39.7 Å². The summed E-state index contributed by atoms with van der Waals surface area (Å²) in [4.78, 5) is 0. The Kier molecular flexibility index (Phi) is 11.4. The van der Waals surface area contributed by atoms with Gasteiger partial charge in [0.25, 0.3) is 0 Å². The van der Waals surface area contributed by atoms with Gasteiger partial charge in [0, 0.05) is 0 Å². The van der Waals surface area contributed by atoms with Crippen LogP contribution in [-0.4, -0.2) is 0 Å². The molecule has 0 saturated carbocycles. The zero-order chi connectivity index (χ0) is 15.4. The first kappa shape index (κ1) is 24.3. The van der Waals surface area contributed by atoms with Crippen molar-refractivity contribution < 1.29 is 51.0 Å². The first-order valence-corrected chi connectivity index (χ1v) is 8.15. The molecule has 4 rings (SSSR count). The number of halogens is 2. The molecule has 0 spiro atoms. The zero-order valence-electron chi connectivity index (χ0n) is 14.6. The van der Waals surface area contributed by atoms with Crippen LogP contribution >= 0.6 is 0 Å². The van der Waals surface area contributed by atoms with Crippen LogP contribution < -0.4 is 24.8 Å². The molecule has 0 aliphatic heterocycles. The smallest absolute Gasteiger partial charge is 1.00 e. The van der Waals surface area contributed by atoms with Gasteiger partial charge in [-0.3, -0.25) is 6.08 Å². The summed E-state index contributed by atoms with van der Waals surface area (Å²) < 4.78 is 0. The molecule has 0 nitrogen and oxygen atoms in total. The third kappa shape index (κ3) is 5.88. The molecule has 0 radical (unpaired) electrons. The molecule has 0 aromatic heterocycles. The van der Waals surface area contributed by atoms with E-state index in [2.05, 4.69) is 86.7 Å². The van der Waals surface area contributed by atoms with Crippen LogP contribution in [0.25, 0.3) is 21.5 Å². The van der Waals surface area contributed by atoms with E-state index in [9.17, 15) is 0 Å². The van der Waals surface area contributed by atoms with E-state index >= 15 is 0 Å². The van der Waals surface area contributed by atoms with Crippen molar-refractivity contribution in [2.45, 2.75) is 26.7 Å². The van der Waals surface area contributed by atoms with Gasteiger partial charge in [-0.05, 0) is 0 Å². The molecular formula is C22H22Cl2Zr. The molecule has 1 atom stereocenters. The van der Waals surface area contributed by atoms with Gasteiger partial charge in [0.2, 0.25) is 0 Å². The summed E-state index contributed by atoms with van der Waals surface area (Å²) in [6.07, 6.45) is 10.1. The van der Waals surface area contributed by atoms with Crippen molar-refractivity contribution in [1.29, 1.82) is 0 Å². The summed E-state index contributed by atoms with van der Waals surface area (Å²) in [5.74, 6) is 0.611. The molecule has 0 N–H and O–H groups in total. The van der Waals surface area contributed by atoms with Gasteiger partial charge in [0.15, 0.2) is 0 Å². The summed E-state index contributed by atoms with van der Waals surface area (Å²) in [5.41, 5.74) is 1.38. The molecule has 0 saturated heterocycles. The first-order valence-electron chi connectivity index (χ1n) is 8.15. The quantitative estimate of drug-likeness (QED) is 0.500. The topological polar surface area (TPSA) is 0 Å². The van der Waals surface area contributed by atoms with Crippen LogP contribution in [0.3, 0.4) is 0 Å². The van der Waals surface area contributed by atoms with Crippen LogP contribution in [0.4, 0.5) is 0 Å². The van der Waals surface area contributed by atoms with E-state index in [1.807, 2.05) is 0 Å². The SMILES string of the molecule is CCC1=[C-]C(CC)C=C1.[Cl-].[Cl-].[Zr+4].c1ccc2c(c1)[cH-]c1ccccc12. The van der Waals surface area contributed by atoms with Crippen LogP contribution in [0.15, 0.2) is 72.3 Å². The Balaban J connectivity index is 0.000000435. The number of hydrogen-bond acceptors (Lipinski definition) is 0. The van der Waals surface area contributed by atoms with Crippen molar-refractivity contribution in [3.63, 3.8) is 0 Å². The number of allylic oxidation sites excluding steroid dienone is 4. The molecule has 1 unspecified atom stereocenters. The number of benzene rings is 2. The average molecular weight is 449 g/mol. The molecule has 0 heterocycles. The van der Waals surface area contributed by atoms with Crippen LogP contribution in [-0.2, 0) is 26.2 Å². The van der Waals surface area contributed by atoms with Gasteiger partial charge < -0.3 is 24.8 Å². The molecule has 0 bridgehead atoms. The second kappa shape index (κ2) is 11.8. The summed E-state index contributed by atoms with van der Waals surface area (Å²) in [6.45, 7) is 4.37. The molecule has 3 aromatic carbocycles. The number of hydrogen-bond donors (Lipinski definition) is 0. The molecule has 3 heteroatoms. The Morgan fingerprint density at radius 1 is 0.880 bits per heavy atom. The fraction of sp³-hybridized carbons (Fsp3) is 0.227. The molecule has 1 aliphatic rings. The van der Waals surface area contributed by atoms with Crippen molar-refractivity contribution in [2.75, 3.05) is 0 Å². The Morgan fingerprint density at radius 3 is 1.80 bits per heavy atom. The van der Waals surface area contributed by atoms with E-state index in [4.69, 9.17) is 0 Å². The minimum absolute atomic E-state index is 0. The van der Waals surface area contributed by atoms with Gasteiger partial charge in [0.05, 0.1) is 0 Å². The second-order valence-corrected chi connectivity index (χ2v) is 5.72. The van der Waals surface area contributed by atoms with Gasteiger partial charge in [0.1, 0.15) is 0 Å². The van der Waals surface area contributed by atoms with Crippen molar-refractivity contribution in [2.24, 2.45) is 5.92 Å². The fourth-order valence-electron chi connectivity index (χ4n) is 2.93. The number of rotatable bonds is 2. The van der Waals surface area contributed by atoms with Crippen LogP contribution in [0, 0.1) is 12.0 Å². The summed E-state index contributed by atoms with van der Waals surface area (Å²) in [6, 6.07) is 19.3. The Morgan fingerprint density at radius 2 is 1.40 bits per heavy atom. The molecule has 128 valence electrons. The van der Waals surface area contributed by atoms with E-state index in [0.29, 0.717) is 5.92 Å². The normalized spacial score (nSPS) is 14.6. The Hall–Kier alpha value is -0.747. The summed E-state index contributed by atoms with van der Waals surface area (Å²) in [7, 11) is 0. The van der Waals surface area contributed by atoms with E-state index < -0.39 is 0 Å². The van der Waals surface area contributed by atoms with Gasteiger partial charge in [-0.1, -0.05) is 69.0 Å². The maximum atomic E-state index is 3.40. The van der Waals surface area contributed by atoms with E-state index in [-0.39, 0.29) is 51.0 Å². The predicted molar refractivity (Wildman–Crippen MR) is 97.0 cm³/mol. The van der Waals surface area contributed by atoms with E-state index in [0.717, 1.165) is 6.42 Å². The van der Waals surface area contributed by atoms with E-state index in [1.54, 1.807) is 0 Å². The standard InChI is InChI=1S/C13H9.C9H13.2ClH.Zr/c1-3-7-12-10(5-1)9-11-6-2-4-8-13(11)12;1-3-8-5-6-9(4-2)7-8;;;/h1-9H;5-6,8H,3-4H2,1-2H3;2*1H;/q2*-1;;;+4/p-2. The molecule has 0 fully saturated rings. The van der Waals surface area contributed by atoms with Gasteiger partial charge >= 0.3 is 26.2 Å². The van der Waals surface area contributed by atoms with Crippen molar-refractivity contribution in [1.82, 2.24) is 0 Å². The molecule has 3 aromatic rings. The zero-order valence-corrected chi connectivity index (χ0v) is 18.6. The van der Waals surface area contributed by atoms with Crippen LogP contribution in [0.2, 0.25) is 0 Å². The van der Waals surface area contributed by atoms with Crippen LogP contribution in [0.1, 0.15) is 26.7 Å². The van der Waals surface area contributed by atoms with Crippen molar-refractivity contribution in [3.05, 3.63) is 78.4 Å². The fourth-order valence-corrected chi connectivity index (χ4v) is 2.93. The minimum atomic E-state index is 0. The largest absolute Gasteiger partial charge is 4.00 e. The van der Waals surface area contributed by atoms with Crippen molar-refractivity contribution >= 4 is 21.5 Å². The monoisotopic (exact) mass is 446 g/mol. The molecule has 0 amide bonds. The Labute approximate surface area is 182 Å². The molecule has 1 aliphatic carbocycles. The van der Waals surface area contributed by atoms with E-state index in [1.165, 1.54) is 33.5 Å². The van der Waals surface area contributed by atoms with Gasteiger partial charge in [-0.25, -0.2) is 11.6 Å². The molecule has 25 heavy (non-hydrogen) atoms. The average Bonchev–Trinajstić information content (AvgIpc) is 3.19. The minimum Gasteiger partial charge on any atom is -1.00 e. The maximum absolute atomic E-state index is 3.40. The number of fused-ring (bicyclic) bond motifs is 3. The third-order valence-electron chi connectivity index (χ3n) is 4.24. The summed E-state index contributed by atoms with van der Waals surface area (Å²) >= 11 is 0. The van der Waals surface area contributed by atoms with Crippen molar-refractivity contribution in [3.8, 4) is 0 Å². The molecular weight excluding hydrogens is 426 g/mol. The van der Waals surface area contributed by atoms with Crippen LogP contribution in [0.5, 0.6) is 0 Å². The predicted octanol–water partition coefficient (Wildman–Crippen LogP) is 0.439. The third-order valence-corrected chi connectivity index (χ3v) is 4.24. The maximum Gasteiger partial charge on any atom is 4.00 e. The second-order valence-electron chi connectivity index (χ2n) is 5.72. The van der Waals surface area contributed by atoms with Gasteiger partial charge in [-0.2, -0.15) is 6.08 Å².